The zero-order valence-electron chi connectivity index (χ0n) is 12.1. The van der Waals surface area contributed by atoms with Crippen molar-refractivity contribution in [2.45, 2.75) is 0 Å². The first-order chi connectivity index (χ1) is 11.0. The van der Waals surface area contributed by atoms with Crippen LogP contribution in [0.25, 0.3) is 0 Å². The molecule has 0 fully saturated rings. The topological polar surface area (TPSA) is 90.7 Å². The molecular formula is C15H13ClN2O5. The first-order valence-corrected chi connectivity index (χ1v) is 6.88. The Balaban J connectivity index is 1.96. The van der Waals surface area contributed by atoms with E-state index in [1.165, 1.54) is 25.3 Å². The van der Waals surface area contributed by atoms with Gasteiger partial charge in [-0.15, -0.1) is 0 Å². The molecule has 120 valence electrons. The van der Waals surface area contributed by atoms with Crippen molar-refractivity contribution in [2.75, 3.05) is 19.0 Å². The Labute approximate surface area is 136 Å². The number of carbonyl (C=O) groups is 1. The van der Waals surface area contributed by atoms with Gasteiger partial charge >= 0.3 is 5.69 Å². The summed E-state index contributed by atoms with van der Waals surface area (Å²) in [6, 6.07) is 10.6. The van der Waals surface area contributed by atoms with Gasteiger partial charge in [-0.05, 0) is 30.3 Å². The van der Waals surface area contributed by atoms with Crippen molar-refractivity contribution in [2.24, 2.45) is 0 Å². The molecule has 8 heteroatoms. The van der Waals surface area contributed by atoms with Crippen molar-refractivity contribution >= 4 is 28.9 Å². The van der Waals surface area contributed by atoms with Crippen LogP contribution in [0.2, 0.25) is 5.02 Å². The fourth-order valence-electron chi connectivity index (χ4n) is 1.78. The lowest BCUT2D eigenvalue weighted by molar-refractivity contribution is -0.385. The van der Waals surface area contributed by atoms with E-state index in [0.29, 0.717) is 16.5 Å². The van der Waals surface area contributed by atoms with Crippen LogP contribution in [0.4, 0.5) is 11.4 Å². The number of halogens is 1. The third-order valence-electron chi connectivity index (χ3n) is 2.85. The van der Waals surface area contributed by atoms with Gasteiger partial charge in [0.2, 0.25) is 5.75 Å². The highest BCUT2D eigenvalue weighted by Crippen LogP contribution is 2.30. The Hall–Kier alpha value is -2.80. The van der Waals surface area contributed by atoms with Gasteiger partial charge in [0.1, 0.15) is 5.75 Å². The summed E-state index contributed by atoms with van der Waals surface area (Å²) in [4.78, 5) is 22.0. The molecule has 0 aliphatic rings. The summed E-state index contributed by atoms with van der Waals surface area (Å²) in [6.45, 7) is -0.246. The number of hydrogen-bond donors (Lipinski definition) is 1. The Bertz CT molecular complexity index is 718. The minimum Gasteiger partial charge on any atom is -0.490 e. The highest BCUT2D eigenvalue weighted by Gasteiger charge is 2.15. The molecule has 0 bridgehead atoms. The molecule has 2 rings (SSSR count). The summed E-state index contributed by atoms with van der Waals surface area (Å²) in [5.41, 5.74) is 0.412. The van der Waals surface area contributed by atoms with Gasteiger partial charge in [-0.1, -0.05) is 11.6 Å². The van der Waals surface area contributed by atoms with Crippen molar-refractivity contribution in [3.8, 4) is 11.5 Å². The molecule has 1 amide bonds. The smallest absolute Gasteiger partial charge is 0.311 e. The zero-order chi connectivity index (χ0) is 16.8. The van der Waals surface area contributed by atoms with Crippen molar-refractivity contribution in [1.29, 1.82) is 0 Å². The van der Waals surface area contributed by atoms with Crippen LogP contribution in [-0.4, -0.2) is 24.5 Å². The summed E-state index contributed by atoms with van der Waals surface area (Å²) in [6.07, 6.45) is 0. The third-order valence-corrected chi connectivity index (χ3v) is 3.10. The number of nitrogens with zero attached hydrogens (tertiary/aromatic N) is 1. The molecule has 0 aliphatic carbocycles. The number of anilines is 1. The highest BCUT2D eigenvalue weighted by molar-refractivity contribution is 6.30. The van der Waals surface area contributed by atoms with Crippen molar-refractivity contribution in [3.05, 3.63) is 57.6 Å². The number of amides is 1. The number of rotatable bonds is 6. The first kappa shape index (κ1) is 16.6. The predicted octanol–water partition coefficient (Wildman–Crippen LogP) is 3.27. The summed E-state index contributed by atoms with van der Waals surface area (Å²) < 4.78 is 10.2. The van der Waals surface area contributed by atoms with Gasteiger partial charge in [0.15, 0.2) is 6.61 Å². The Kier molecular flexibility index (Phi) is 5.37. The summed E-state index contributed by atoms with van der Waals surface area (Å²) >= 11 is 5.76. The van der Waals surface area contributed by atoms with Crippen LogP contribution in [-0.2, 0) is 4.79 Å². The minimum atomic E-state index is -0.560. The minimum absolute atomic E-state index is 0.0607. The number of benzene rings is 2. The maximum Gasteiger partial charge on any atom is 0.311 e. The second kappa shape index (κ2) is 7.46. The van der Waals surface area contributed by atoms with E-state index in [2.05, 4.69) is 5.32 Å². The quantitative estimate of drug-likeness (QED) is 0.645. The summed E-state index contributed by atoms with van der Waals surface area (Å²) in [7, 11) is 1.32. The highest BCUT2D eigenvalue weighted by atomic mass is 35.5. The molecule has 0 heterocycles. The average Bonchev–Trinajstić information content (AvgIpc) is 2.54. The van der Waals surface area contributed by atoms with Crippen molar-refractivity contribution in [1.82, 2.24) is 0 Å². The van der Waals surface area contributed by atoms with Crippen LogP contribution in [0, 0.1) is 10.1 Å². The van der Waals surface area contributed by atoms with Gasteiger partial charge in [-0.2, -0.15) is 0 Å². The SMILES string of the molecule is COc1cc(OCC(=O)Nc2ccc(Cl)cc2)ccc1[N+](=O)[O-]. The number of hydrogen-bond acceptors (Lipinski definition) is 5. The zero-order valence-corrected chi connectivity index (χ0v) is 12.9. The van der Waals surface area contributed by atoms with E-state index in [1.54, 1.807) is 24.3 Å². The van der Waals surface area contributed by atoms with Crippen LogP contribution < -0.4 is 14.8 Å². The van der Waals surface area contributed by atoms with Crippen LogP contribution in [0.15, 0.2) is 42.5 Å². The molecule has 23 heavy (non-hydrogen) atoms. The number of carbonyl (C=O) groups excluding carboxylic acids is 1. The van der Waals surface area contributed by atoms with E-state index in [9.17, 15) is 14.9 Å². The first-order valence-electron chi connectivity index (χ1n) is 6.50. The molecule has 0 saturated heterocycles. The molecule has 2 aromatic rings. The van der Waals surface area contributed by atoms with E-state index >= 15 is 0 Å². The second-order valence-corrected chi connectivity index (χ2v) is 4.87. The van der Waals surface area contributed by atoms with Crippen LogP contribution >= 0.6 is 11.6 Å². The van der Waals surface area contributed by atoms with E-state index in [0.717, 1.165) is 0 Å². The fourth-order valence-corrected chi connectivity index (χ4v) is 1.90. The number of nitro groups is 1. The molecule has 0 spiro atoms. The molecule has 1 N–H and O–H groups in total. The normalized spacial score (nSPS) is 10.0. The van der Waals surface area contributed by atoms with E-state index in [-0.39, 0.29) is 24.0 Å². The Morgan fingerprint density at radius 2 is 1.96 bits per heavy atom. The van der Waals surface area contributed by atoms with Gasteiger partial charge in [0, 0.05) is 22.8 Å². The van der Waals surface area contributed by atoms with Crippen LogP contribution in [0.5, 0.6) is 11.5 Å². The maximum atomic E-state index is 11.8. The molecular weight excluding hydrogens is 324 g/mol. The fraction of sp³-hybridized carbons (Fsp3) is 0.133. The predicted molar refractivity (Wildman–Crippen MR) is 85.2 cm³/mol. The van der Waals surface area contributed by atoms with Crippen molar-refractivity contribution < 1.29 is 19.2 Å². The standard InChI is InChI=1S/C15H13ClN2O5/c1-22-14-8-12(6-7-13(14)18(20)21)23-9-15(19)17-11-4-2-10(16)3-5-11/h2-8H,9H2,1H3,(H,17,19). The molecule has 0 saturated carbocycles. The number of methoxy groups -OCH3 is 1. The molecule has 0 atom stereocenters. The Morgan fingerprint density at radius 3 is 2.57 bits per heavy atom. The second-order valence-electron chi connectivity index (χ2n) is 4.43. The molecule has 7 nitrogen and oxygen atoms in total. The van der Waals surface area contributed by atoms with Crippen molar-refractivity contribution in [3.63, 3.8) is 0 Å². The van der Waals surface area contributed by atoms with Gasteiger partial charge in [-0.25, -0.2) is 0 Å². The monoisotopic (exact) mass is 336 g/mol. The van der Waals surface area contributed by atoms with Crippen LogP contribution in [0.1, 0.15) is 0 Å². The molecule has 0 aliphatic heterocycles. The summed E-state index contributed by atoms with van der Waals surface area (Å²) in [5, 5.41) is 14.0. The largest absolute Gasteiger partial charge is 0.490 e. The molecule has 0 unspecified atom stereocenters. The average molecular weight is 337 g/mol. The lowest BCUT2D eigenvalue weighted by Crippen LogP contribution is -2.20. The van der Waals surface area contributed by atoms with E-state index in [4.69, 9.17) is 21.1 Å². The van der Waals surface area contributed by atoms with E-state index in [1.807, 2.05) is 0 Å². The summed E-state index contributed by atoms with van der Waals surface area (Å²) in [5.74, 6) is -0.0195. The maximum absolute atomic E-state index is 11.8. The lowest BCUT2D eigenvalue weighted by Gasteiger charge is -2.09. The number of nitro benzene ring substituents is 1. The number of ether oxygens (including phenoxy) is 2. The van der Waals surface area contributed by atoms with Gasteiger partial charge in [0.05, 0.1) is 12.0 Å². The number of nitrogens with one attached hydrogen (secondary N) is 1. The Morgan fingerprint density at radius 1 is 1.26 bits per heavy atom. The van der Waals surface area contributed by atoms with Gasteiger partial charge in [0.25, 0.3) is 5.91 Å². The molecule has 2 aromatic carbocycles. The van der Waals surface area contributed by atoms with Gasteiger partial charge < -0.3 is 14.8 Å². The third kappa shape index (κ3) is 4.58. The van der Waals surface area contributed by atoms with E-state index < -0.39 is 4.92 Å². The lowest BCUT2D eigenvalue weighted by atomic mass is 10.3. The van der Waals surface area contributed by atoms with Crippen LogP contribution in [0.3, 0.4) is 0 Å². The molecule has 0 aromatic heterocycles. The molecule has 0 radical (unpaired) electrons. The van der Waals surface area contributed by atoms with Gasteiger partial charge in [-0.3, -0.25) is 14.9 Å².